The second-order valence-corrected chi connectivity index (χ2v) is 3.47. The van der Waals surface area contributed by atoms with Gasteiger partial charge in [-0.15, -0.1) is 0 Å². The SMILES string of the molecule is Fc1ccc(C2CNCCCO2)cc1. The van der Waals surface area contributed by atoms with Crippen LogP contribution in [0.25, 0.3) is 0 Å². The maximum atomic E-state index is 12.7. The molecule has 0 saturated carbocycles. The van der Waals surface area contributed by atoms with E-state index in [2.05, 4.69) is 5.32 Å². The minimum Gasteiger partial charge on any atom is -0.372 e. The fraction of sp³-hybridized carbons (Fsp3) is 0.455. The van der Waals surface area contributed by atoms with Gasteiger partial charge < -0.3 is 10.1 Å². The minimum atomic E-state index is -0.199. The Morgan fingerprint density at radius 3 is 2.86 bits per heavy atom. The van der Waals surface area contributed by atoms with Crippen molar-refractivity contribution in [3.05, 3.63) is 35.6 Å². The molecule has 1 aromatic carbocycles. The van der Waals surface area contributed by atoms with E-state index < -0.39 is 0 Å². The van der Waals surface area contributed by atoms with Gasteiger partial charge in [0.15, 0.2) is 0 Å². The summed E-state index contributed by atoms with van der Waals surface area (Å²) in [6.07, 6.45) is 1.11. The summed E-state index contributed by atoms with van der Waals surface area (Å²) in [5.41, 5.74) is 1.04. The van der Waals surface area contributed by atoms with Gasteiger partial charge in [0.2, 0.25) is 0 Å². The van der Waals surface area contributed by atoms with Gasteiger partial charge in [0.1, 0.15) is 5.82 Å². The zero-order valence-corrected chi connectivity index (χ0v) is 8.00. The van der Waals surface area contributed by atoms with Gasteiger partial charge in [-0.3, -0.25) is 0 Å². The first-order valence-electron chi connectivity index (χ1n) is 4.94. The van der Waals surface area contributed by atoms with Crippen LogP contribution in [0.5, 0.6) is 0 Å². The third-order valence-corrected chi connectivity index (χ3v) is 2.39. The Kier molecular flexibility index (Phi) is 3.11. The normalized spacial score (nSPS) is 23.1. The summed E-state index contributed by atoms with van der Waals surface area (Å²) in [6.45, 7) is 2.58. The molecule has 2 nitrogen and oxygen atoms in total. The first kappa shape index (κ1) is 9.62. The van der Waals surface area contributed by atoms with E-state index in [0.717, 1.165) is 31.7 Å². The Bertz CT molecular complexity index is 278. The summed E-state index contributed by atoms with van der Waals surface area (Å²) in [5, 5.41) is 3.29. The molecule has 0 aliphatic carbocycles. The topological polar surface area (TPSA) is 21.3 Å². The van der Waals surface area contributed by atoms with Crippen molar-refractivity contribution < 1.29 is 9.13 Å². The lowest BCUT2D eigenvalue weighted by molar-refractivity contribution is 0.0668. The van der Waals surface area contributed by atoms with Crippen LogP contribution in [0.15, 0.2) is 24.3 Å². The number of rotatable bonds is 1. The largest absolute Gasteiger partial charge is 0.372 e. The van der Waals surface area contributed by atoms with Gasteiger partial charge in [-0.1, -0.05) is 12.1 Å². The van der Waals surface area contributed by atoms with Gasteiger partial charge in [0, 0.05) is 13.2 Å². The van der Waals surface area contributed by atoms with Gasteiger partial charge in [-0.2, -0.15) is 0 Å². The molecule has 0 bridgehead atoms. The highest BCUT2D eigenvalue weighted by Crippen LogP contribution is 2.18. The lowest BCUT2D eigenvalue weighted by Crippen LogP contribution is -2.20. The van der Waals surface area contributed by atoms with E-state index in [1.807, 2.05) is 0 Å². The predicted octanol–water partition coefficient (Wildman–Crippen LogP) is 1.88. The predicted molar refractivity (Wildman–Crippen MR) is 52.6 cm³/mol. The van der Waals surface area contributed by atoms with Crippen molar-refractivity contribution in [3.63, 3.8) is 0 Å². The Morgan fingerprint density at radius 1 is 1.29 bits per heavy atom. The summed E-state index contributed by atoms with van der Waals surface area (Å²) in [5.74, 6) is -0.199. The molecule has 1 aliphatic heterocycles. The lowest BCUT2D eigenvalue weighted by Gasteiger charge is -2.14. The van der Waals surface area contributed by atoms with Gasteiger partial charge >= 0.3 is 0 Å². The van der Waals surface area contributed by atoms with E-state index in [1.165, 1.54) is 12.1 Å². The Labute approximate surface area is 83.1 Å². The number of benzene rings is 1. The second kappa shape index (κ2) is 4.53. The van der Waals surface area contributed by atoms with Crippen molar-refractivity contribution in [2.24, 2.45) is 0 Å². The van der Waals surface area contributed by atoms with E-state index in [4.69, 9.17) is 4.74 Å². The number of halogens is 1. The van der Waals surface area contributed by atoms with Crippen LogP contribution in [0.3, 0.4) is 0 Å². The Morgan fingerprint density at radius 2 is 2.07 bits per heavy atom. The van der Waals surface area contributed by atoms with Crippen LogP contribution in [0.1, 0.15) is 18.1 Å². The second-order valence-electron chi connectivity index (χ2n) is 3.47. The number of hydrogen-bond donors (Lipinski definition) is 1. The van der Waals surface area contributed by atoms with Gasteiger partial charge in [-0.25, -0.2) is 4.39 Å². The van der Waals surface area contributed by atoms with E-state index in [1.54, 1.807) is 12.1 Å². The monoisotopic (exact) mass is 195 g/mol. The molecule has 3 heteroatoms. The van der Waals surface area contributed by atoms with Gasteiger partial charge in [0.05, 0.1) is 6.10 Å². The molecule has 1 N–H and O–H groups in total. The molecule has 1 unspecified atom stereocenters. The third kappa shape index (κ3) is 2.30. The number of nitrogens with one attached hydrogen (secondary N) is 1. The van der Waals surface area contributed by atoms with Crippen LogP contribution < -0.4 is 5.32 Å². The maximum absolute atomic E-state index is 12.7. The highest BCUT2D eigenvalue weighted by molar-refractivity contribution is 5.19. The van der Waals surface area contributed by atoms with Crippen LogP contribution in [-0.4, -0.2) is 19.7 Å². The van der Waals surface area contributed by atoms with Crippen molar-refractivity contribution >= 4 is 0 Å². The lowest BCUT2D eigenvalue weighted by atomic mass is 10.1. The highest BCUT2D eigenvalue weighted by atomic mass is 19.1. The quantitative estimate of drug-likeness (QED) is 0.738. The molecule has 0 spiro atoms. The smallest absolute Gasteiger partial charge is 0.123 e. The van der Waals surface area contributed by atoms with E-state index in [-0.39, 0.29) is 11.9 Å². The summed E-state index contributed by atoms with van der Waals surface area (Å²) in [6, 6.07) is 6.52. The van der Waals surface area contributed by atoms with Gasteiger partial charge in [0.25, 0.3) is 0 Å². The summed E-state index contributed by atoms with van der Waals surface area (Å²) >= 11 is 0. The minimum absolute atomic E-state index is 0.0677. The average molecular weight is 195 g/mol. The molecule has 0 radical (unpaired) electrons. The first-order chi connectivity index (χ1) is 6.86. The average Bonchev–Trinajstić information content (AvgIpc) is 2.47. The highest BCUT2D eigenvalue weighted by Gasteiger charge is 2.13. The zero-order valence-electron chi connectivity index (χ0n) is 8.00. The van der Waals surface area contributed by atoms with Crippen molar-refractivity contribution in [3.8, 4) is 0 Å². The maximum Gasteiger partial charge on any atom is 0.123 e. The number of hydrogen-bond acceptors (Lipinski definition) is 2. The van der Waals surface area contributed by atoms with Crippen molar-refractivity contribution in [1.82, 2.24) is 5.32 Å². The molecule has 1 fully saturated rings. The molecular formula is C11H14FNO. The summed E-state index contributed by atoms with van der Waals surface area (Å²) < 4.78 is 18.3. The third-order valence-electron chi connectivity index (χ3n) is 2.39. The molecule has 14 heavy (non-hydrogen) atoms. The first-order valence-corrected chi connectivity index (χ1v) is 4.94. The Balaban J connectivity index is 2.08. The molecule has 1 saturated heterocycles. The molecule has 2 rings (SSSR count). The molecule has 1 heterocycles. The fourth-order valence-electron chi connectivity index (χ4n) is 1.61. The summed E-state index contributed by atoms with van der Waals surface area (Å²) in [7, 11) is 0. The molecule has 1 atom stereocenters. The van der Waals surface area contributed by atoms with Crippen molar-refractivity contribution in [2.75, 3.05) is 19.7 Å². The molecule has 76 valence electrons. The molecule has 0 aromatic heterocycles. The zero-order chi connectivity index (χ0) is 9.80. The van der Waals surface area contributed by atoms with E-state index in [0.29, 0.717) is 0 Å². The number of ether oxygens (including phenoxy) is 1. The molecular weight excluding hydrogens is 181 g/mol. The molecule has 0 amide bonds. The van der Waals surface area contributed by atoms with E-state index >= 15 is 0 Å². The Hall–Kier alpha value is -0.930. The van der Waals surface area contributed by atoms with Gasteiger partial charge in [-0.05, 0) is 30.7 Å². The van der Waals surface area contributed by atoms with Crippen LogP contribution >= 0.6 is 0 Å². The van der Waals surface area contributed by atoms with E-state index in [9.17, 15) is 4.39 Å². The van der Waals surface area contributed by atoms with Crippen molar-refractivity contribution in [1.29, 1.82) is 0 Å². The molecule has 1 aliphatic rings. The van der Waals surface area contributed by atoms with Crippen LogP contribution in [0.2, 0.25) is 0 Å². The summed E-state index contributed by atoms with van der Waals surface area (Å²) in [4.78, 5) is 0. The standard InChI is InChI=1S/C11H14FNO/c12-10-4-2-9(3-5-10)11-8-13-6-1-7-14-11/h2-5,11,13H,1,6-8H2. The van der Waals surface area contributed by atoms with Crippen LogP contribution in [0, 0.1) is 5.82 Å². The molecule has 1 aromatic rings. The van der Waals surface area contributed by atoms with Crippen LogP contribution in [0.4, 0.5) is 4.39 Å². The fourth-order valence-corrected chi connectivity index (χ4v) is 1.61. The van der Waals surface area contributed by atoms with Crippen molar-refractivity contribution in [2.45, 2.75) is 12.5 Å². The van der Waals surface area contributed by atoms with Crippen LogP contribution in [-0.2, 0) is 4.74 Å².